The molecule has 0 spiro atoms. The molecule has 1 aromatic heterocycles. The highest BCUT2D eigenvalue weighted by Crippen LogP contribution is 2.25. The Balaban J connectivity index is 2.01. The molecule has 0 aliphatic carbocycles. The quantitative estimate of drug-likeness (QED) is 0.888. The van der Waals surface area contributed by atoms with E-state index in [1.165, 1.54) is 18.6 Å². The topological polar surface area (TPSA) is 46.9 Å². The summed E-state index contributed by atoms with van der Waals surface area (Å²) in [4.78, 5) is 16.3. The van der Waals surface area contributed by atoms with Gasteiger partial charge in [0.15, 0.2) is 5.82 Å². The first kappa shape index (κ1) is 13.5. The zero-order valence-electron chi connectivity index (χ0n) is 11.1. The van der Waals surface area contributed by atoms with Crippen molar-refractivity contribution in [2.45, 2.75) is 38.5 Å². The molecule has 1 aromatic rings. The van der Waals surface area contributed by atoms with Gasteiger partial charge in [0.2, 0.25) is 0 Å². The summed E-state index contributed by atoms with van der Waals surface area (Å²) in [6.45, 7) is 5.80. The van der Waals surface area contributed by atoms with Crippen LogP contribution in [-0.4, -0.2) is 27.1 Å². The molecule has 0 aromatic carbocycles. The lowest BCUT2D eigenvalue weighted by Crippen LogP contribution is -2.27. The second-order valence-electron chi connectivity index (χ2n) is 5.14. The fraction of sp³-hybridized carbons (Fsp3) is 0.692. The first-order chi connectivity index (χ1) is 8.66. The van der Waals surface area contributed by atoms with Gasteiger partial charge in [-0.15, -0.1) is 0 Å². The van der Waals surface area contributed by atoms with Crippen molar-refractivity contribution in [1.82, 2.24) is 9.55 Å². The Hall–Kier alpha value is -0.970. The third-order valence-electron chi connectivity index (χ3n) is 3.00. The van der Waals surface area contributed by atoms with Crippen molar-refractivity contribution >= 4 is 17.6 Å². The summed E-state index contributed by atoms with van der Waals surface area (Å²) in [5, 5.41) is 3.83. The molecule has 1 aliphatic rings. The van der Waals surface area contributed by atoms with E-state index in [0.717, 1.165) is 13.1 Å². The zero-order chi connectivity index (χ0) is 13.0. The molecule has 2 heterocycles. The van der Waals surface area contributed by atoms with Crippen LogP contribution in [0.2, 0.25) is 0 Å². The second-order valence-corrected chi connectivity index (χ2v) is 6.55. The van der Waals surface area contributed by atoms with E-state index in [2.05, 4.69) is 24.1 Å². The molecular formula is C13H21N3OS. The summed E-state index contributed by atoms with van der Waals surface area (Å²) in [7, 11) is 0. The van der Waals surface area contributed by atoms with Gasteiger partial charge in [-0.3, -0.25) is 4.79 Å². The molecule has 0 bridgehead atoms. The highest BCUT2D eigenvalue weighted by Gasteiger charge is 2.16. The lowest BCUT2D eigenvalue weighted by atomic mass is 10.2. The van der Waals surface area contributed by atoms with E-state index in [-0.39, 0.29) is 5.56 Å². The Morgan fingerprint density at radius 3 is 3.11 bits per heavy atom. The standard InChI is InChI=1S/C13H21N3OS/c1-10(2)9-16-6-5-14-12(13(16)17)15-8-11-4-3-7-18-11/h5-6,10-11H,3-4,7-9H2,1-2H3,(H,14,15). The monoisotopic (exact) mass is 267 g/mol. The molecule has 1 saturated heterocycles. The summed E-state index contributed by atoms with van der Waals surface area (Å²) in [5.41, 5.74) is -0.00537. The van der Waals surface area contributed by atoms with Gasteiger partial charge in [-0.05, 0) is 24.5 Å². The lowest BCUT2D eigenvalue weighted by Gasteiger charge is -2.12. The predicted octanol–water partition coefficient (Wildman–Crippen LogP) is 2.21. The van der Waals surface area contributed by atoms with Gasteiger partial charge in [0.25, 0.3) is 5.56 Å². The molecule has 1 unspecified atom stereocenters. The molecule has 5 heteroatoms. The molecule has 1 atom stereocenters. The number of aromatic nitrogens is 2. The van der Waals surface area contributed by atoms with Crippen LogP contribution in [0.4, 0.5) is 5.82 Å². The maximum absolute atomic E-state index is 12.1. The SMILES string of the molecule is CC(C)Cn1ccnc(NCC2CCCS2)c1=O. The highest BCUT2D eigenvalue weighted by molar-refractivity contribution is 8.00. The summed E-state index contributed by atoms with van der Waals surface area (Å²) >= 11 is 1.98. The predicted molar refractivity (Wildman–Crippen MR) is 77.3 cm³/mol. The van der Waals surface area contributed by atoms with E-state index < -0.39 is 0 Å². The van der Waals surface area contributed by atoms with Crippen molar-refractivity contribution in [3.63, 3.8) is 0 Å². The number of hydrogen-bond acceptors (Lipinski definition) is 4. The van der Waals surface area contributed by atoms with Crippen LogP contribution in [0.1, 0.15) is 26.7 Å². The van der Waals surface area contributed by atoms with E-state index >= 15 is 0 Å². The minimum Gasteiger partial charge on any atom is -0.364 e. The number of nitrogens with one attached hydrogen (secondary N) is 1. The van der Waals surface area contributed by atoms with Crippen molar-refractivity contribution < 1.29 is 0 Å². The molecule has 18 heavy (non-hydrogen) atoms. The zero-order valence-corrected chi connectivity index (χ0v) is 11.9. The van der Waals surface area contributed by atoms with Crippen molar-refractivity contribution in [3.05, 3.63) is 22.7 Å². The fourth-order valence-electron chi connectivity index (χ4n) is 2.12. The molecule has 0 amide bonds. The Bertz CT molecular complexity index is 438. The van der Waals surface area contributed by atoms with Crippen molar-refractivity contribution in [1.29, 1.82) is 0 Å². The summed E-state index contributed by atoms with van der Waals surface area (Å²) < 4.78 is 1.74. The van der Waals surface area contributed by atoms with Crippen LogP contribution in [-0.2, 0) is 6.54 Å². The van der Waals surface area contributed by atoms with Gasteiger partial charge in [0.05, 0.1) is 0 Å². The average Bonchev–Trinajstić information content (AvgIpc) is 2.83. The number of anilines is 1. The normalized spacial score (nSPS) is 19.4. The average molecular weight is 267 g/mol. The summed E-state index contributed by atoms with van der Waals surface area (Å²) in [5.74, 6) is 2.19. The van der Waals surface area contributed by atoms with Gasteiger partial charge in [0, 0.05) is 30.7 Å². The fourth-order valence-corrected chi connectivity index (χ4v) is 3.32. The van der Waals surface area contributed by atoms with E-state index in [1.54, 1.807) is 17.0 Å². The van der Waals surface area contributed by atoms with Gasteiger partial charge in [0.1, 0.15) is 0 Å². The Kier molecular flexibility index (Phi) is 4.69. The van der Waals surface area contributed by atoms with E-state index in [0.29, 0.717) is 17.0 Å². The number of hydrogen-bond donors (Lipinski definition) is 1. The van der Waals surface area contributed by atoms with Crippen molar-refractivity contribution in [3.8, 4) is 0 Å². The van der Waals surface area contributed by atoms with Crippen molar-refractivity contribution in [2.24, 2.45) is 5.92 Å². The minimum absolute atomic E-state index is 0.00537. The third-order valence-corrected chi connectivity index (χ3v) is 4.39. The molecule has 4 nitrogen and oxygen atoms in total. The maximum atomic E-state index is 12.1. The molecular weight excluding hydrogens is 246 g/mol. The van der Waals surface area contributed by atoms with E-state index in [9.17, 15) is 4.79 Å². The minimum atomic E-state index is -0.00537. The molecule has 2 rings (SSSR count). The Labute approximate surface area is 112 Å². The van der Waals surface area contributed by atoms with Crippen LogP contribution >= 0.6 is 11.8 Å². The molecule has 1 fully saturated rings. The lowest BCUT2D eigenvalue weighted by molar-refractivity contribution is 0.509. The smallest absolute Gasteiger partial charge is 0.293 e. The van der Waals surface area contributed by atoms with Crippen LogP contribution in [0.25, 0.3) is 0 Å². The van der Waals surface area contributed by atoms with Crippen LogP contribution < -0.4 is 10.9 Å². The van der Waals surface area contributed by atoms with E-state index in [4.69, 9.17) is 0 Å². The third kappa shape index (κ3) is 3.51. The second kappa shape index (κ2) is 6.27. The Morgan fingerprint density at radius 2 is 2.44 bits per heavy atom. The van der Waals surface area contributed by atoms with Crippen LogP contribution in [0.5, 0.6) is 0 Å². The largest absolute Gasteiger partial charge is 0.364 e. The maximum Gasteiger partial charge on any atom is 0.293 e. The van der Waals surface area contributed by atoms with E-state index in [1.807, 2.05) is 11.8 Å². The first-order valence-corrected chi connectivity index (χ1v) is 7.62. The highest BCUT2D eigenvalue weighted by atomic mass is 32.2. The van der Waals surface area contributed by atoms with Crippen LogP contribution in [0, 0.1) is 5.92 Å². The van der Waals surface area contributed by atoms with Crippen molar-refractivity contribution in [2.75, 3.05) is 17.6 Å². The molecule has 0 saturated carbocycles. The van der Waals surface area contributed by atoms with Gasteiger partial charge >= 0.3 is 0 Å². The summed E-state index contributed by atoms with van der Waals surface area (Å²) in [6.07, 6.45) is 5.99. The molecule has 100 valence electrons. The number of rotatable bonds is 5. The summed E-state index contributed by atoms with van der Waals surface area (Å²) in [6, 6.07) is 0. The van der Waals surface area contributed by atoms with Gasteiger partial charge in [-0.25, -0.2) is 4.98 Å². The molecule has 1 N–H and O–H groups in total. The van der Waals surface area contributed by atoms with Gasteiger partial charge < -0.3 is 9.88 Å². The van der Waals surface area contributed by atoms with Gasteiger partial charge in [-0.1, -0.05) is 13.8 Å². The molecule has 0 radical (unpaired) electrons. The van der Waals surface area contributed by atoms with Crippen LogP contribution in [0.15, 0.2) is 17.2 Å². The number of nitrogens with zero attached hydrogens (tertiary/aromatic N) is 2. The number of thioether (sulfide) groups is 1. The van der Waals surface area contributed by atoms with Crippen LogP contribution in [0.3, 0.4) is 0 Å². The Morgan fingerprint density at radius 1 is 1.61 bits per heavy atom. The molecule has 1 aliphatic heterocycles. The van der Waals surface area contributed by atoms with Gasteiger partial charge in [-0.2, -0.15) is 11.8 Å². The first-order valence-electron chi connectivity index (χ1n) is 6.57.